The quantitative estimate of drug-likeness (QED) is 0.323. The van der Waals surface area contributed by atoms with Crippen LogP contribution in [0.2, 0.25) is 0 Å². The van der Waals surface area contributed by atoms with Crippen molar-refractivity contribution in [3.63, 3.8) is 0 Å². The molecule has 10 heteroatoms. The Kier molecular flexibility index (Phi) is 10.5. The van der Waals surface area contributed by atoms with Gasteiger partial charge in [0.1, 0.15) is 11.5 Å². The van der Waals surface area contributed by atoms with Crippen LogP contribution < -0.4 is 9.05 Å². The summed E-state index contributed by atoms with van der Waals surface area (Å²) in [4.78, 5) is 19.4. The molecule has 1 aromatic rings. The van der Waals surface area contributed by atoms with Gasteiger partial charge in [0.2, 0.25) is 0 Å². The van der Waals surface area contributed by atoms with Crippen molar-refractivity contribution in [2.24, 2.45) is 0 Å². The summed E-state index contributed by atoms with van der Waals surface area (Å²) in [5, 5.41) is 0. The predicted molar refractivity (Wildman–Crippen MR) is 98.3 cm³/mol. The van der Waals surface area contributed by atoms with E-state index < -0.39 is 15.6 Å². The first-order chi connectivity index (χ1) is 12.3. The van der Waals surface area contributed by atoms with Crippen molar-refractivity contribution in [3.8, 4) is 11.5 Å². The molecule has 0 aliphatic carbocycles. The Morgan fingerprint density at radius 2 is 1.23 bits per heavy atom. The molecule has 0 bridgehead atoms. The van der Waals surface area contributed by atoms with E-state index in [1.54, 1.807) is 0 Å². The van der Waals surface area contributed by atoms with E-state index >= 15 is 0 Å². The molecule has 0 radical (unpaired) electrons. The van der Waals surface area contributed by atoms with Crippen LogP contribution in [0.3, 0.4) is 0 Å². The molecule has 0 fully saturated rings. The zero-order chi connectivity index (χ0) is 19.5. The van der Waals surface area contributed by atoms with Crippen LogP contribution in [0, 0.1) is 0 Å². The summed E-state index contributed by atoms with van der Waals surface area (Å²) in [5.41, 5.74) is 0. The van der Waals surface area contributed by atoms with E-state index in [4.69, 9.17) is 18.1 Å². The van der Waals surface area contributed by atoms with Gasteiger partial charge in [-0.1, -0.05) is 45.6 Å². The van der Waals surface area contributed by atoms with Crippen molar-refractivity contribution in [2.45, 2.75) is 52.4 Å². The Balaban J connectivity index is 2.58. The Morgan fingerprint density at radius 3 is 1.62 bits per heavy atom. The second-order valence-electron chi connectivity index (χ2n) is 5.68. The minimum Gasteiger partial charge on any atom is -0.404 e. The zero-order valence-corrected chi connectivity index (χ0v) is 17.0. The maximum Gasteiger partial charge on any atom is 0.527 e. The molecule has 26 heavy (non-hydrogen) atoms. The highest BCUT2D eigenvalue weighted by atomic mass is 31.2. The maximum atomic E-state index is 11.9. The fraction of sp³-hybridized carbons (Fsp3) is 0.625. The normalized spacial score (nSPS) is 15.8. The Bertz CT molecular complexity index is 573. The predicted octanol–water partition coefficient (Wildman–Crippen LogP) is 5.06. The summed E-state index contributed by atoms with van der Waals surface area (Å²) in [6.07, 6.45) is 4.98. The molecular formula is C16H28O8P2. The molecule has 0 saturated carbocycles. The van der Waals surface area contributed by atoms with E-state index in [-0.39, 0.29) is 24.7 Å². The molecule has 8 nitrogen and oxygen atoms in total. The van der Waals surface area contributed by atoms with Gasteiger partial charge in [0.05, 0.1) is 13.2 Å². The van der Waals surface area contributed by atoms with Crippen LogP contribution in [-0.4, -0.2) is 23.0 Å². The molecule has 0 saturated heterocycles. The molecule has 0 amide bonds. The zero-order valence-electron chi connectivity index (χ0n) is 15.2. The Labute approximate surface area is 154 Å². The third-order valence-corrected chi connectivity index (χ3v) is 5.15. The molecule has 1 aromatic carbocycles. The number of phosphoric acid groups is 2. The van der Waals surface area contributed by atoms with Crippen LogP contribution in [0.4, 0.5) is 0 Å². The Morgan fingerprint density at radius 1 is 0.808 bits per heavy atom. The van der Waals surface area contributed by atoms with Crippen molar-refractivity contribution in [2.75, 3.05) is 13.2 Å². The van der Waals surface area contributed by atoms with Gasteiger partial charge in [-0.05, 0) is 25.0 Å². The minimum absolute atomic E-state index is 0.0187. The molecule has 0 spiro atoms. The third-order valence-electron chi connectivity index (χ3n) is 3.25. The fourth-order valence-electron chi connectivity index (χ4n) is 1.97. The monoisotopic (exact) mass is 410 g/mol. The van der Waals surface area contributed by atoms with Crippen molar-refractivity contribution < 1.29 is 37.0 Å². The lowest BCUT2D eigenvalue weighted by molar-refractivity contribution is 0.198. The van der Waals surface area contributed by atoms with Gasteiger partial charge < -0.3 is 9.05 Å². The topological polar surface area (TPSA) is 112 Å². The number of benzene rings is 1. The van der Waals surface area contributed by atoms with Crippen LogP contribution in [0.5, 0.6) is 11.5 Å². The van der Waals surface area contributed by atoms with E-state index in [1.807, 2.05) is 13.8 Å². The molecular weight excluding hydrogens is 382 g/mol. The number of rotatable bonds is 14. The number of hydrogen-bond acceptors (Lipinski definition) is 6. The van der Waals surface area contributed by atoms with Crippen molar-refractivity contribution in [1.29, 1.82) is 0 Å². The maximum absolute atomic E-state index is 11.9. The van der Waals surface area contributed by atoms with E-state index in [0.717, 1.165) is 25.7 Å². The van der Waals surface area contributed by atoms with Gasteiger partial charge in [0, 0.05) is 6.07 Å². The van der Waals surface area contributed by atoms with Crippen LogP contribution in [-0.2, 0) is 18.2 Å². The average molecular weight is 410 g/mol. The van der Waals surface area contributed by atoms with Crippen LogP contribution >= 0.6 is 15.6 Å². The van der Waals surface area contributed by atoms with Crippen LogP contribution in [0.1, 0.15) is 52.4 Å². The summed E-state index contributed by atoms with van der Waals surface area (Å²) >= 11 is 0. The summed E-state index contributed by atoms with van der Waals surface area (Å²) in [6.45, 7) is 4.23. The van der Waals surface area contributed by atoms with Gasteiger partial charge in [-0.2, -0.15) is 0 Å². The second-order valence-corrected chi connectivity index (χ2v) is 8.43. The first-order valence-corrected chi connectivity index (χ1v) is 11.7. The summed E-state index contributed by atoms with van der Waals surface area (Å²) in [7, 11) is -8.54. The Hall–Kier alpha value is -0.880. The van der Waals surface area contributed by atoms with Crippen LogP contribution in [0.25, 0.3) is 0 Å². The van der Waals surface area contributed by atoms with Crippen LogP contribution in [0.15, 0.2) is 24.3 Å². The molecule has 0 aromatic heterocycles. The van der Waals surface area contributed by atoms with E-state index in [9.17, 15) is 18.9 Å². The van der Waals surface area contributed by atoms with Gasteiger partial charge in [0.15, 0.2) is 0 Å². The molecule has 2 atom stereocenters. The molecule has 0 heterocycles. The largest absolute Gasteiger partial charge is 0.527 e. The minimum atomic E-state index is -4.27. The third kappa shape index (κ3) is 10.3. The first-order valence-electron chi connectivity index (χ1n) is 8.72. The SMILES string of the molecule is CCCCCOP(=O)(O)Oc1cccc(OP(=O)(O)OCCCCC)c1. The highest BCUT2D eigenvalue weighted by Crippen LogP contribution is 2.47. The molecule has 150 valence electrons. The van der Waals surface area contributed by atoms with Crippen molar-refractivity contribution in [3.05, 3.63) is 24.3 Å². The number of hydrogen-bond donors (Lipinski definition) is 2. The molecule has 2 N–H and O–H groups in total. The number of unbranched alkanes of at least 4 members (excludes halogenated alkanes) is 4. The molecule has 0 aliphatic rings. The lowest BCUT2D eigenvalue weighted by atomic mass is 10.3. The molecule has 2 unspecified atom stereocenters. The lowest BCUT2D eigenvalue weighted by Crippen LogP contribution is -2.01. The highest BCUT2D eigenvalue weighted by Gasteiger charge is 2.25. The van der Waals surface area contributed by atoms with E-state index in [0.29, 0.717) is 12.8 Å². The smallest absolute Gasteiger partial charge is 0.404 e. The van der Waals surface area contributed by atoms with Gasteiger partial charge in [-0.3, -0.25) is 18.8 Å². The summed E-state index contributed by atoms with van der Waals surface area (Å²) in [6, 6.07) is 5.50. The van der Waals surface area contributed by atoms with Crippen molar-refractivity contribution >= 4 is 15.6 Å². The first kappa shape index (κ1) is 23.2. The highest BCUT2D eigenvalue weighted by molar-refractivity contribution is 7.48. The fourth-order valence-corrected chi connectivity index (χ4v) is 3.56. The summed E-state index contributed by atoms with van der Waals surface area (Å²) < 4.78 is 43.4. The van der Waals surface area contributed by atoms with E-state index in [2.05, 4.69) is 0 Å². The van der Waals surface area contributed by atoms with E-state index in [1.165, 1.54) is 24.3 Å². The van der Waals surface area contributed by atoms with Gasteiger partial charge in [-0.25, -0.2) is 9.13 Å². The molecule has 1 rings (SSSR count). The average Bonchev–Trinajstić information content (AvgIpc) is 2.55. The molecule has 0 aliphatic heterocycles. The lowest BCUT2D eigenvalue weighted by Gasteiger charge is -2.15. The van der Waals surface area contributed by atoms with Gasteiger partial charge in [-0.15, -0.1) is 0 Å². The van der Waals surface area contributed by atoms with Crippen molar-refractivity contribution in [1.82, 2.24) is 0 Å². The van der Waals surface area contributed by atoms with Gasteiger partial charge >= 0.3 is 15.6 Å². The standard InChI is InChI=1S/C16H28O8P2/c1-3-5-7-12-21-25(17,18)23-15-10-9-11-16(14-15)24-26(19,20)22-13-8-6-4-2/h9-11,14H,3-8,12-13H2,1-2H3,(H,17,18)(H,19,20). The number of phosphoric ester groups is 2. The second kappa shape index (κ2) is 11.8. The van der Waals surface area contributed by atoms with Gasteiger partial charge in [0.25, 0.3) is 0 Å². The summed E-state index contributed by atoms with van der Waals surface area (Å²) in [5.74, 6) is -0.0374.